The summed E-state index contributed by atoms with van der Waals surface area (Å²) in [5, 5.41) is 0. The third kappa shape index (κ3) is 4.87. The molecule has 1 aromatic carbocycles. The summed E-state index contributed by atoms with van der Waals surface area (Å²) in [5.74, 6) is -0.343. The Morgan fingerprint density at radius 3 is 2.47 bits per heavy atom. The van der Waals surface area contributed by atoms with Crippen LogP contribution in [-0.2, 0) is 4.74 Å². The maximum absolute atomic E-state index is 11.5. The second kappa shape index (κ2) is 6.37. The molecule has 0 aromatic heterocycles. The van der Waals surface area contributed by atoms with E-state index in [4.69, 9.17) is 21.9 Å². The highest BCUT2D eigenvalue weighted by atomic mass is 16.5. The van der Waals surface area contributed by atoms with Gasteiger partial charge in [0.2, 0.25) is 0 Å². The van der Waals surface area contributed by atoms with Gasteiger partial charge in [0.05, 0.1) is 12.2 Å². The van der Waals surface area contributed by atoms with Crippen LogP contribution in [0.3, 0.4) is 0 Å². The van der Waals surface area contributed by atoms with Crippen molar-refractivity contribution in [1.82, 2.24) is 0 Å². The van der Waals surface area contributed by atoms with E-state index in [9.17, 15) is 4.79 Å². The zero-order chi connectivity index (χ0) is 12.7. The average Bonchev–Trinajstić information content (AvgIpc) is 2.29. The van der Waals surface area contributed by atoms with Crippen LogP contribution in [0.1, 0.15) is 16.8 Å². The number of nitrogens with two attached hydrogens (primary N) is 3. The first-order valence-electron chi connectivity index (χ1n) is 5.17. The fourth-order valence-corrected chi connectivity index (χ4v) is 1.14. The summed E-state index contributed by atoms with van der Waals surface area (Å²) >= 11 is 0. The molecule has 0 spiro atoms. The van der Waals surface area contributed by atoms with Crippen molar-refractivity contribution in [2.45, 2.75) is 6.42 Å². The molecular formula is C11H16N4O2. The Morgan fingerprint density at radius 1 is 1.24 bits per heavy atom. The molecule has 6 heteroatoms. The molecule has 0 amide bonds. The number of carbonyl (C=O) groups is 1. The van der Waals surface area contributed by atoms with Crippen molar-refractivity contribution in [2.24, 2.45) is 16.5 Å². The number of guanidine groups is 1. The summed E-state index contributed by atoms with van der Waals surface area (Å²) in [5.41, 5.74) is 16.9. The number of hydrogen-bond acceptors (Lipinski definition) is 4. The molecule has 1 aromatic rings. The Bertz CT molecular complexity index is 396. The minimum atomic E-state index is -0.380. The largest absolute Gasteiger partial charge is 0.462 e. The van der Waals surface area contributed by atoms with E-state index in [-0.39, 0.29) is 18.5 Å². The van der Waals surface area contributed by atoms with Crippen LogP contribution in [0, 0.1) is 0 Å². The smallest absolute Gasteiger partial charge is 0.338 e. The van der Waals surface area contributed by atoms with E-state index in [0.29, 0.717) is 24.2 Å². The van der Waals surface area contributed by atoms with Crippen molar-refractivity contribution < 1.29 is 9.53 Å². The molecule has 0 aliphatic carbocycles. The van der Waals surface area contributed by atoms with Crippen LogP contribution in [-0.4, -0.2) is 25.1 Å². The number of rotatable bonds is 5. The molecule has 0 fully saturated rings. The minimum Gasteiger partial charge on any atom is -0.462 e. The first-order chi connectivity index (χ1) is 8.09. The standard InChI is InChI=1S/C11H16N4O2/c12-9-4-2-8(3-5-9)10(16)17-7-1-6-15-11(13)14/h2-5H,1,6-7,12H2,(H4,13,14,15). The third-order valence-electron chi connectivity index (χ3n) is 1.98. The van der Waals surface area contributed by atoms with Crippen LogP contribution in [0.5, 0.6) is 0 Å². The van der Waals surface area contributed by atoms with Gasteiger partial charge in [0.25, 0.3) is 0 Å². The molecule has 6 N–H and O–H groups in total. The quantitative estimate of drug-likeness (QED) is 0.220. The first-order valence-corrected chi connectivity index (χ1v) is 5.17. The molecular weight excluding hydrogens is 220 g/mol. The number of esters is 1. The number of aliphatic imine (C=N–C) groups is 1. The molecule has 1 rings (SSSR count). The van der Waals surface area contributed by atoms with Gasteiger partial charge >= 0.3 is 5.97 Å². The summed E-state index contributed by atoms with van der Waals surface area (Å²) in [6.07, 6.45) is 0.582. The zero-order valence-electron chi connectivity index (χ0n) is 9.43. The Hall–Kier alpha value is -2.24. The van der Waals surface area contributed by atoms with Gasteiger partial charge in [-0.3, -0.25) is 4.99 Å². The van der Waals surface area contributed by atoms with Gasteiger partial charge in [-0.05, 0) is 24.3 Å². The van der Waals surface area contributed by atoms with Gasteiger partial charge in [-0.2, -0.15) is 0 Å². The predicted molar refractivity (Wildman–Crippen MR) is 66.4 cm³/mol. The van der Waals surface area contributed by atoms with E-state index in [0.717, 1.165) is 0 Å². The van der Waals surface area contributed by atoms with Gasteiger partial charge in [-0.25, -0.2) is 4.79 Å². The van der Waals surface area contributed by atoms with Crippen molar-refractivity contribution in [3.63, 3.8) is 0 Å². The zero-order valence-corrected chi connectivity index (χ0v) is 9.43. The van der Waals surface area contributed by atoms with Crippen molar-refractivity contribution >= 4 is 17.6 Å². The van der Waals surface area contributed by atoms with Gasteiger partial charge in [0.1, 0.15) is 0 Å². The number of nitrogen functional groups attached to an aromatic ring is 1. The van der Waals surface area contributed by atoms with E-state index in [1.807, 2.05) is 0 Å². The van der Waals surface area contributed by atoms with Gasteiger partial charge in [0.15, 0.2) is 5.96 Å². The number of carbonyl (C=O) groups excluding carboxylic acids is 1. The lowest BCUT2D eigenvalue weighted by molar-refractivity contribution is 0.0503. The molecule has 0 saturated carbocycles. The topological polar surface area (TPSA) is 117 Å². The van der Waals surface area contributed by atoms with Crippen LogP contribution >= 0.6 is 0 Å². The summed E-state index contributed by atoms with van der Waals surface area (Å²) in [4.78, 5) is 15.3. The van der Waals surface area contributed by atoms with Crippen LogP contribution < -0.4 is 17.2 Å². The maximum atomic E-state index is 11.5. The molecule has 0 atom stereocenters. The Labute approximate surface area is 99.4 Å². The Balaban J connectivity index is 2.30. The molecule has 0 unspecified atom stereocenters. The highest BCUT2D eigenvalue weighted by molar-refractivity contribution is 5.89. The average molecular weight is 236 g/mol. The number of nitrogens with zero attached hydrogens (tertiary/aromatic N) is 1. The summed E-state index contributed by atoms with van der Waals surface area (Å²) in [6, 6.07) is 6.54. The van der Waals surface area contributed by atoms with Crippen molar-refractivity contribution in [1.29, 1.82) is 0 Å². The normalized spacial score (nSPS) is 9.65. The first kappa shape index (κ1) is 12.8. The summed E-state index contributed by atoms with van der Waals surface area (Å²) in [7, 11) is 0. The van der Waals surface area contributed by atoms with Crippen molar-refractivity contribution in [3.8, 4) is 0 Å². The number of anilines is 1. The monoisotopic (exact) mass is 236 g/mol. The summed E-state index contributed by atoms with van der Waals surface area (Å²) in [6.45, 7) is 0.720. The van der Waals surface area contributed by atoms with Crippen LogP contribution in [0.15, 0.2) is 29.3 Å². The molecule has 0 radical (unpaired) electrons. The SMILES string of the molecule is NC(N)=NCCCOC(=O)c1ccc(N)cc1. The van der Waals surface area contributed by atoms with Gasteiger partial charge in [0, 0.05) is 18.7 Å². The van der Waals surface area contributed by atoms with E-state index in [2.05, 4.69) is 4.99 Å². The van der Waals surface area contributed by atoms with Gasteiger partial charge < -0.3 is 21.9 Å². The fraction of sp³-hybridized carbons (Fsp3) is 0.273. The van der Waals surface area contributed by atoms with E-state index in [1.54, 1.807) is 24.3 Å². The number of ether oxygens (including phenoxy) is 1. The minimum absolute atomic E-state index is 0.0369. The predicted octanol–water partition coefficient (Wildman–Crippen LogP) is 0.0891. The number of hydrogen-bond donors (Lipinski definition) is 3. The third-order valence-corrected chi connectivity index (χ3v) is 1.98. The second-order valence-electron chi connectivity index (χ2n) is 3.42. The fourth-order valence-electron chi connectivity index (χ4n) is 1.14. The summed E-state index contributed by atoms with van der Waals surface area (Å²) < 4.78 is 5.02. The Morgan fingerprint density at radius 2 is 1.88 bits per heavy atom. The van der Waals surface area contributed by atoms with Crippen molar-refractivity contribution in [3.05, 3.63) is 29.8 Å². The lowest BCUT2D eigenvalue weighted by Gasteiger charge is -2.03. The second-order valence-corrected chi connectivity index (χ2v) is 3.42. The number of benzene rings is 1. The molecule has 0 heterocycles. The van der Waals surface area contributed by atoms with E-state index in [1.165, 1.54) is 0 Å². The van der Waals surface area contributed by atoms with Crippen molar-refractivity contribution in [2.75, 3.05) is 18.9 Å². The highest BCUT2D eigenvalue weighted by Gasteiger charge is 2.05. The lowest BCUT2D eigenvalue weighted by Crippen LogP contribution is -2.23. The molecule has 0 aliphatic rings. The van der Waals surface area contributed by atoms with E-state index >= 15 is 0 Å². The Kier molecular flexibility index (Phi) is 4.80. The highest BCUT2D eigenvalue weighted by Crippen LogP contribution is 2.06. The van der Waals surface area contributed by atoms with Crippen LogP contribution in [0.4, 0.5) is 5.69 Å². The lowest BCUT2D eigenvalue weighted by atomic mass is 10.2. The molecule has 92 valence electrons. The maximum Gasteiger partial charge on any atom is 0.338 e. The van der Waals surface area contributed by atoms with Crippen LogP contribution in [0.25, 0.3) is 0 Å². The van der Waals surface area contributed by atoms with Gasteiger partial charge in [-0.15, -0.1) is 0 Å². The molecule has 0 bridgehead atoms. The van der Waals surface area contributed by atoms with E-state index < -0.39 is 0 Å². The van der Waals surface area contributed by atoms with Gasteiger partial charge in [-0.1, -0.05) is 0 Å². The molecule has 0 saturated heterocycles. The molecule has 6 nitrogen and oxygen atoms in total. The molecule has 0 aliphatic heterocycles. The molecule has 17 heavy (non-hydrogen) atoms. The van der Waals surface area contributed by atoms with Crippen LogP contribution in [0.2, 0.25) is 0 Å².